The third-order valence-electron chi connectivity index (χ3n) is 5.71. The maximum Gasteiger partial charge on any atom is 0.230 e. The van der Waals surface area contributed by atoms with E-state index in [-0.39, 0.29) is 11.9 Å². The monoisotopic (exact) mass is 356 g/mol. The second-order valence-electron chi connectivity index (χ2n) is 7.30. The molecule has 4 unspecified atom stereocenters. The van der Waals surface area contributed by atoms with Crippen LogP contribution >= 0.6 is 11.8 Å². The molecule has 4 rings (SSSR count). The van der Waals surface area contributed by atoms with Crippen molar-refractivity contribution in [2.75, 3.05) is 5.75 Å². The summed E-state index contributed by atoms with van der Waals surface area (Å²) in [6.07, 6.45) is 7.10. The molecule has 0 spiro atoms. The van der Waals surface area contributed by atoms with Gasteiger partial charge in [0.2, 0.25) is 5.91 Å². The third-order valence-corrected chi connectivity index (χ3v) is 6.65. The molecule has 4 atom stereocenters. The first-order valence-electron chi connectivity index (χ1n) is 9.08. The zero-order valence-electron chi connectivity index (χ0n) is 14.5. The number of para-hydroxylation sites is 1. The highest BCUT2D eigenvalue weighted by molar-refractivity contribution is 7.99. The van der Waals surface area contributed by atoms with Crippen LogP contribution in [0.15, 0.2) is 41.8 Å². The van der Waals surface area contributed by atoms with Crippen molar-refractivity contribution in [1.29, 1.82) is 0 Å². The first-order chi connectivity index (χ1) is 12.2. The average molecular weight is 356 g/mol. The molecule has 1 aromatic heterocycles. The highest BCUT2D eigenvalue weighted by Crippen LogP contribution is 2.49. The van der Waals surface area contributed by atoms with Crippen LogP contribution in [0, 0.1) is 17.8 Å². The summed E-state index contributed by atoms with van der Waals surface area (Å²) in [6, 6.07) is 10.2. The predicted octanol–water partition coefficient (Wildman–Crippen LogP) is 3.30. The van der Waals surface area contributed by atoms with E-state index in [2.05, 4.69) is 22.4 Å². The van der Waals surface area contributed by atoms with Gasteiger partial charge in [-0.1, -0.05) is 36.4 Å². The van der Waals surface area contributed by atoms with Gasteiger partial charge < -0.3 is 5.32 Å². The van der Waals surface area contributed by atoms with Crippen molar-refractivity contribution in [2.45, 2.75) is 43.8 Å². The Hall–Kier alpha value is -1.82. The number of hydrogen-bond donors (Lipinski definition) is 1. The number of fused-ring (bicyclic) bond motifs is 2. The number of thioether (sulfide) groups is 1. The SMILES string of the molecule is CC(NC(=O)CSc1nncn1-c1ccccc1)C1CC2CCC1C2. The zero-order chi connectivity index (χ0) is 17.2. The van der Waals surface area contributed by atoms with Crippen LogP contribution in [-0.2, 0) is 4.79 Å². The number of benzene rings is 1. The molecule has 2 aliphatic rings. The summed E-state index contributed by atoms with van der Waals surface area (Å²) in [5.41, 5.74) is 1.01. The molecular formula is C19H24N4OS. The van der Waals surface area contributed by atoms with Gasteiger partial charge >= 0.3 is 0 Å². The molecule has 2 saturated carbocycles. The summed E-state index contributed by atoms with van der Waals surface area (Å²) in [5, 5.41) is 12.1. The van der Waals surface area contributed by atoms with Crippen LogP contribution in [0.3, 0.4) is 0 Å². The lowest BCUT2D eigenvalue weighted by Crippen LogP contribution is -2.40. The van der Waals surface area contributed by atoms with Crippen LogP contribution < -0.4 is 5.32 Å². The number of hydrogen-bond acceptors (Lipinski definition) is 4. The van der Waals surface area contributed by atoms with Crippen LogP contribution in [-0.4, -0.2) is 32.5 Å². The minimum absolute atomic E-state index is 0.0860. The molecule has 0 aliphatic heterocycles. The summed E-state index contributed by atoms with van der Waals surface area (Å²) in [4.78, 5) is 12.4. The Morgan fingerprint density at radius 3 is 2.88 bits per heavy atom. The Labute approximate surface area is 152 Å². The van der Waals surface area contributed by atoms with E-state index in [1.165, 1.54) is 37.4 Å². The van der Waals surface area contributed by atoms with Gasteiger partial charge in [-0.05, 0) is 56.1 Å². The molecule has 1 amide bonds. The molecular weight excluding hydrogens is 332 g/mol. The normalized spacial score (nSPS) is 25.9. The summed E-state index contributed by atoms with van der Waals surface area (Å²) < 4.78 is 1.91. The quantitative estimate of drug-likeness (QED) is 0.807. The summed E-state index contributed by atoms with van der Waals surface area (Å²) in [6.45, 7) is 2.17. The van der Waals surface area contributed by atoms with Gasteiger partial charge in [-0.2, -0.15) is 0 Å². The molecule has 132 valence electrons. The molecule has 1 aromatic carbocycles. The van der Waals surface area contributed by atoms with Crippen molar-refractivity contribution in [3.8, 4) is 5.69 Å². The second-order valence-corrected chi connectivity index (χ2v) is 8.25. The van der Waals surface area contributed by atoms with E-state index in [0.717, 1.165) is 22.7 Å². The molecule has 2 aromatic rings. The van der Waals surface area contributed by atoms with Crippen LogP contribution in [0.2, 0.25) is 0 Å². The van der Waals surface area contributed by atoms with Gasteiger partial charge in [-0.25, -0.2) is 0 Å². The number of rotatable bonds is 6. The summed E-state index contributed by atoms with van der Waals surface area (Å²) >= 11 is 1.43. The summed E-state index contributed by atoms with van der Waals surface area (Å²) in [7, 11) is 0. The molecule has 25 heavy (non-hydrogen) atoms. The molecule has 1 N–H and O–H groups in total. The van der Waals surface area contributed by atoms with Crippen molar-refractivity contribution in [3.63, 3.8) is 0 Å². The van der Waals surface area contributed by atoms with E-state index < -0.39 is 0 Å². The smallest absolute Gasteiger partial charge is 0.230 e. The highest BCUT2D eigenvalue weighted by atomic mass is 32.2. The van der Waals surface area contributed by atoms with Crippen LogP contribution in [0.25, 0.3) is 5.69 Å². The highest BCUT2D eigenvalue weighted by Gasteiger charge is 2.42. The lowest BCUT2D eigenvalue weighted by molar-refractivity contribution is -0.119. The molecule has 2 bridgehead atoms. The van der Waals surface area contributed by atoms with Gasteiger partial charge in [0.1, 0.15) is 6.33 Å². The van der Waals surface area contributed by atoms with Gasteiger partial charge in [-0.3, -0.25) is 9.36 Å². The number of carbonyl (C=O) groups excluding carboxylic acids is 1. The fraction of sp³-hybridized carbons (Fsp3) is 0.526. The van der Waals surface area contributed by atoms with Crippen LogP contribution in [0.1, 0.15) is 32.6 Å². The third kappa shape index (κ3) is 3.59. The van der Waals surface area contributed by atoms with Gasteiger partial charge in [-0.15, -0.1) is 10.2 Å². The molecule has 5 nitrogen and oxygen atoms in total. The maximum absolute atomic E-state index is 12.4. The van der Waals surface area contributed by atoms with Gasteiger partial charge in [0.25, 0.3) is 0 Å². The van der Waals surface area contributed by atoms with E-state index in [0.29, 0.717) is 11.7 Å². The van der Waals surface area contributed by atoms with E-state index in [1.807, 2.05) is 34.9 Å². The Bertz CT molecular complexity index is 732. The number of aromatic nitrogens is 3. The second kappa shape index (κ2) is 7.20. The number of carbonyl (C=O) groups is 1. The molecule has 1 heterocycles. The topological polar surface area (TPSA) is 59.8 Å². The van der Waals surface area contributed by atoms with Gasteiger partial charge in [0, 0.05) is 11.7 Å². The fourth-order valence-corrected chi connectivity index (χ4v) is 5.27. The Balaban J connectivity index is 1.32. The number of nitrogens with one attached hydrogen (secondary N) is 1. The Kier molecular flexibility index (Phi) is 4.79. The van der Waals surface area contributed by atoms with Crippen molar-refractivity contribution < 1.29 is 4.79 Å². The van der Waals surface area contributed by atoms with Crippen LogP contribution in [0.4, 0.5) is 0 Å². The Morgan fingerprint density at radius 1 is 1.32 bits per heavy atom. The van der Waals surface area contributed by atoms with Crippen molar-refractivity contribution >= 4 is 17.7 Å². The molecule has 2 fully saturated rings. The molecule has 6 heteroatoms. The predicted molar refractivity (Wildman–Crippen MR) is 98.6 cm³/mol. The number of nitrogens with zero attached hydrogens (tertiary/aromatic N) is 3. The van der Waals surface area contributed by atoms with Gasteiger partial charge in [0.05, 0.1) is 5.75 Å². The first-order valence-corrected chi connectivity index (χ1v) is 10.1. The molecule has 2 aliphatic carbocycles. The lowest BCUT2D eigenvalue weighted by atomic mass is 9.84. The van der Waals surface area contributed by atoms with Crippen molar-refractivity contribution in [2.24, 2.45) is 17.8 Å². The van der Waals surface area contributed by atoms with E-state index in [9.17, 15) is 4.79 Å². The van der Waals surface area contributed by atoms with E-state index in [4.69, 9.17) is 0 Å². The summed E-state index contributed by atoms with van der Waals surface area (Å²) in [5.74, 6) is 2.86. The standard InChI is InChI=1S/C19H24N4OS/c1-13(17-10-14-7-8-15(17)9-14)21-18(24)11-25-19-22-20-12-23(19)16-5-3-2-4-6-16/h2-6,12-15,17H,7-11H2,1H3,(H,21,24). The van der Waals surface area contributed by atoms with E-state index >= 15 is 0 Å². The molecule has 0 radical (unpaired) electrons. The first kappa shape index (κ1) is 16.6. The largest absolute Gasteiger partial charge is 0.353 e. The lowest BCUT2D eigenvalue weighted by Gasteiger charge is -2.28. The van der Waals surface area contributed by atoms with Crippen molar-refractivity contribution in [1.82, 2.24) is 20.1 Å². The minimum Gasteiger partial charge on any atom is -0.353 e. The Morgan fingerprint density at radius 2 is 2.16 bits per heavy atom. The molecule has 0 saturated heterocycles. The minimum atomic E-state index is 0.0860. The van der Waals surface area contributed by atoms with Crippen LogP contribution in [0.5, 0.6) is 0 Å². The number of amides is 1. The maximum atomic E-state index is 12.4. The fourth-order valence-electron chi connectivity index (χ4n) is 4.53. The van der Waals surface area contributed by atoms with E-state index in [1.54, 1.807) is 6.33 Å². The van der Waals surface area contributed by atoms with Gasteiger partial charge in [0.15, 0.2) is 5.16 Å². The van der Waals surface area contributed by atoms with Crippen molar-refractivity contribution in [3.05, 3.63) is 36.7 Å². The average Bonchev–Trinajstić information content (AvgIpc) is 3.37. The zero-order valence-corrected chi connectivity index (χ0v) is 15.3.